The Hall–Kier alpha value is -4.53. The Morgan fingerprint density at radius 1 is 0.848 bits per heavy atom. The van der Waals surface area contributed by atoms with Gasteiger partial charge in [-0.05, 0) is 36.4 Å². The van der Waals surface area contributed by atoms with Crippen LogP contribution in [0.1, 0.15) is 39.9 Å². The lowest BCUT2D eigenvalue weighted by Crippen LogP contribution is -2.32. The number of benzene rings is 3. The van der Waals surface area contributed by atoms with Gasteiger partial charge in [-0.25, -0.2) is 4.79 Å². The van der Waals surface area contributed by atoms with Crippen molar-refractivity contribution in [3.63, 3.8) is 0 Å². The first-order valence-corrected chi connectivity index (χ1v) is 10.0. The number of aromatic hydroxyl groups is 2. The fourth-order valence-corrected chi connectivity index (χ4v) is 4.23. The smallest absolute Gasteiger partial charge is 0.340 e. The monoisotopic (exact) mass is 447 g/mol. The summed E-state index contributed by atoms with van der Waals surface area (Å²) in [5.41, 5.74) is 0.627. The van der Waals surface area contributed by atoms with Crippen LogP contribution in [-0.2, 0) is 19.9 Å². The molecule has 9 heteroatoms. The molecule has 0 unspecified atom stereocenters. The van der Waals surface area contributed by atoms with Crippen molar-refractivity contribution in [2.45, 2.75) is 18.4 Å². The molecule has 0 saturated heterocycles. The molecule has 0 fully saturated rings. The maximum absolute atomic E-state index is 13.0. The molecule has 2 aliphatic heterocycles. The molecular weight excluding hydrogens is 430 g/mol. The summed E-state index contributed by atoms with van der Waals surface area (Å²) in [6.45, 7) is 0. The number of amides is 1. The number of anilines is 1. The van der Waals surface area contributed by atoms with E-state index in [0.29, 0.717) is 22.4 Å². The molecule has 0 aromatic heterocycles. The Morgan fingerprint density at radius 3 is 2.06 bits per heavy atom. The molecule has 0 radical (unpaired) electrons. The number of fused-ring (bicyclic) bond motifs is 6. The predicted octanol–water partition coefficient (Wildman–Crippen LogP) is 3.47. The molecule has 3 aromatic carbocycles. The zero-order valence-electron chi connectivity index (χ0n) is 17.0. The molecule has 3 aromatic rings. The van der Waals surface area contributed by atoms with Gasteiger partial charge >= 0.3 is 11.9 Å². The van der Waals surface area contributed by atoms with Crippen molar-refractivity contribution >= 4 is 23.5 Å². The fraction of sp³-hybridized carbons (Fsp3) is 0.125. The first kappa shape index (κ1) is 20.4. The maximum Gasteiger partial charge on any atom is 0.340 e. The van der Waals surface area contributed by atoms with Crippen LogP contribution in [0.4, 0.5) is 5.69 Å². The van der Waals surface area contributed by atoms with E-state index in [4.69, 9.17) is 14.6 Å². The predicted molar refractivity (Wildman–Crippen MR) is 114 cm³/mol. The van der Waals surface area contributed by atoms with Crippen molar-refractivity contribution < 1.29 is 39.2 Å². The number of esters is 1. The van der Waals surface area contributed by atoms with Gasteiger partial charge in [0.05, 0.1) is 12.0 Å². The molecule has 2 aliphatic rings. The highest BCUT2D eigenvalue weighted by molar-refractivity contribution is 6.00. The van der Waals surface area contributed by atoms with Crippen LogP contribution in [0.2, 0.25) is 0 Å². The Labute approximate surface area is 186 Å². The molecule has 4 N–H and O–H groups in total. The number of carbonyl (C=O) groups excluding carboxylic acids is 2. The van der Waals surface area contributed by atoms with Gasteiger partial charge < -0.3 is 30.1 Å². The lowest BCUT2D eigenvalue weighted by molar-refractivity contribution is -0.138. The van der Waals surface area contributed by atoms with Gasteiger partial charge in [0.25, 0.3) is 0 Å². The molecule has 2 heterocycles. The molecular formula is C24H17NO8. The number of phenolic OH excluding ortho intramolecular Hbond substituents is 2. The van der Waals surface area contributed by atoms with Gasteiger partial charge in [0.1, 0.15) is 23.0 Å². The van der Waals surface area contributed by atoms with Gasteiger partial charge in [-0.3, -0.25) is 9.59 Å². The van der Waals surface area contributed by atoms with Crippen LogP contribution in [0, 0.1) is 0 Å². The average molecular weight is 447 g/mol. The van der Waals surface area contributed by atoms with Gasteiger partial charge in [-0.2, -0.15) is 0 Å². The average Bonchev–Trinajstić information content (AvgIpc) is 3.04. The van der Waals surface area contributed by atoms with Gasteiger partial charge in [0.2, 0.25) is 5.91 Å². The summed E-state index contributed by atoms with van der Waals surface area (Å²) in [5, 5.41) is 31.2. The second kappa shape index (κ2) is 7.27. The largest absolute Gasteiger partial charge is 0.508 e. The summed E-state index contributed by atoms with van der Waals surface area (Å²) in [4.78, 5) is 35.7. The van der Waals surface area contributed by atoms with Crippen LogP contribution >= 0.6 is 0 Å². The number of ether oxygens (including phenoxy) is 2. The third-order valence-electron chi connectivity index (χ3n) is 5.62. The minimum absolute atomic E-state index is 0.0449. The van der Waals surface area contributed by atoms with Crippen molar-refractivity contribution in [2.24, 2.45) is 0 Å². The van der Waals surface area contributed by atoms with Gasteiger partial charge in [-0.1, -0.05) is 6.07 Å². The lowest BCUT2D eigenvalue weighted by atomic mass is 9.77. The highest BCUT2D eigenvalue weighted by atomic mass is 16.6. The van der Waals surface area contributed by atoms with E-state index in [2.05, 4.69) is 5.32 Å². The van der Waals surface area contributed by atoms with Crippen molar-refractivity contribution in [1.82, 2.24) is 0 Å². The first-order chi connectivity index (χ1) is 15.8. The van der Waals surface area contributed by atoms with E-state index in [1.54, 1.807) is 24.3 Å². The summed E-state index contributed by atoms with van der Waals surface area (Å²) < 4.78 is 11.8. The number of aliphatic carboxylic acids is 1. The van der Waals surface area contributed by atoms with Crippen molar-refractivity contribution in [1.29, 1.82) is 0 Å². The highest BCUT2D eigenvalue weighted by Crippen LogP contribution is 2.57. The molecule has 0 saturated carbocycles. The fourth-order valence-electron chi connectivity index (χ4n) is 4.23. The van der Waals surface area contributed by atoms with Crippen molar-refractivity contribution in [3.05, 3.63) is 76.9 Å². The minimum atomic E-state index is -1.39. The van der Waals surface area contributed by atoms with Crippen LogP contribution in [0.5, 0.6) is 23.0 Å². The second-order valence-corrected chi connectivity index (χ2v) is 7.74. The molecule has 0 atom stereocenters. The Kier molecular flexibility index (Phi) is 4.49. The van der Waals surface area contributed by atoms with Crippen LogP contribution in [0.3, 0.4) is 0 Å². The summed E-state index contributed by atoms with van der Waals surface area (Å²) >= 11 is 0. The quantitative estimate of drug-likeness (QED) is 0.446. The topological polar surface area (TPSA) is 142 Å². The van der Waals surface area contributed by atoms with Gasteiger partial charge in [0.15, 0.2) is 5.60 Å². The number of carboxylic acids is 1. The normalized spacial score (nSPS) is 14.5. The van der Waals surface area contributed by atoms with E-state index in [1.807, 2.05) is 0 Å². The van der Waals surface area contributed by atoms with Crippen LogP contribution in [0.25, 0.3) is 0 Å². The first-order valence-electron chi connectivity index (χ1n) is 10.0. The SMILES string of the molecule is O=C(O)CCC(=O)Nc1ccc2c(c1)C(=O)OC21c2ccc(O)cc2Oc2cc(O)ccc21. The number of hydrogen-bond acceptors (Lipinski definition) is 7. The number of carbonyl (C=O) groups is 3. The summed E-state index contributed by atoms with van der Waals surface area (Å²) in [6.07, 6.45) is -0.513. The number of hydrogen-bond donors (Lipinski definition) is 4. The summed E-state index contributed by atoms with van der Waals surface area (Å²) in [7, 11) is 0. The number of rotatable bonds is 4. The highest BCUT2D eigenvalue weighted by Gasteiger charge is 2.53. The van der Waals surface area contributed by atoms with E-state index in [9.17, 15) is 24.6 Å². The Balaban J connectivity index is 1.63. The molecule has 5 rings (SSSR count). The van der Waals surface area contributed by atoms with E-state index in [0.717, 1.165) is 0 Å². The summed E-state index contributed by atoms with van der Waals surface area (Å²) in [6, 6.07) is 13.6. The molecule has 0 aliphatic carbocycles. The third kappa shape index (κ3) is 3.21. The molecule has 9 nitrogen and oxygen atoms in total. The third-order valence-corrected chi connectivity index (χ3v) is 5.62. The zero-order chi connectivity index (χ0) is 23.3. The van der Waals surface area contributed by atoms with E-state index in [-0.39, 0.29) is 41.4 Å². The van der Waals surface area contributed by atoms with E-state index >= 15 is 0 Å². The van der Waals surface area contributed by atoms with E-state index in [1.165, 1.54) is 30.3 Å². The number of phenols is 2. The second-order valence-electron chi connectivity index (χ2n) is 7.74. The minimum Gasteiger partial charge on any atom is -0.508 e. The van der Waals surface area contributed by atoms with Gasteiger partial charge in [0, 0.05) is 40.9 Å². The van der Waals surface area contributed by atoms with Crippen LogP contribution in [0.15, 0.2) is 54.6 Å². The molecule has 1 amide bonds. The Bertz CT molecular complexity index is 1290. The molecule has 1 spiro atoms. The van der Waals surface area contributed by atoms with Crippen LogP contribution < -0.4 is 10.1 Å². The molecule has 166 valence electrons. The van der Waals surface area contributed by atoms with Crippen LogP contribution in [-0.4, -0.2) is 33.2 Å². The number of nitrogens with one attached hydrogen (secondary N) is 1. The molecule has 0 bridgehead atoms. The van der Waals surface area contributed by atoms with Gasteiger partial charge in [-0.15, -0.1) is 0 Å². The zero-order valence-corrected chi connectivity index (χ0v) is 17.0. The molecule has 33 heavy (non-hydrogen) atoms. The van der Waals surface area contributed by atoms with Crippen molar-refractivity contribution in [2.75, 3.05) is 5.32 Å². The van der Waals surface area contributed by atoms with E-state index < -0.39 is 23.4 Å². The lowest BCUT2D eigenvalue weighted by Gasteiger charge is -2.36. The Morgan fingerprint density at radius 2 is 1.45 bits per heavy atom. The van der Waals surface area contributed by atoms with Crippen molar-refractivity contribution in [3.8, 4) is 23.0 Å². The maximum atomic E-state index is 13.0. The standard InChI is InChI=1S/C24H17NO8/c26-13-2-5-17-19(10-13)32-20-11-14(27)3-6-18(20)24(17)16-4-1-12(9-15(16)23(31)33-24)25-21(28)7-8-22(29)30/h1-6,9-11,26-27H,7-8H2,(H,25,28)(H,29,30). The summed E-state index contributed by atoms with van der Waals surface area (Å²) in [5.74, 6) is -1.77. The number of carboxylic acid groups (broad SMARTS) is 1.